The lowest BCUT2D eigenvalue weighted by molar-refractivity contribution is -0.139. The van der Waals surface area contributed by atoms with E-state index in [2.05, 4.69) is 46.0 Å². The van der Waals surface area contributed by atoms with E-state index in [-0.39, 0.29) is 60.4 Å². The molecule has 8 nitrogen and oxygen atoms in total. The number of benzene rings is 2. The molecule has 14 heteroatoms. The average molecular weight is 646 g/mol. The molecule has 1 saturated heterocycles. The van der Waals surface area contributed by atoms with Gasteiger partial charge in [0.2, 0.25) is 11.9 Å². The Kier molecular flexibility index (Phi) is 9.00. The van der Waals surface area contributed by atoms with Gasteiger partial charge in [-0.05, 0) is 48.2 Å². The van der Waals surface area contributed by atoms with Gasteiger partial charge >= 0.3 is 18.4 Å². The van der Waals surface area contributed by atoms with E-state index >= 15 is 0 Å². The van der Waals surface area contributed by atoms with Gasteiger partial charge in [0.1, 0.15) is 12.4 Å². The maximum absolute atomic E-state index is 13.7. The summed E-state index contributed by atoms with van der Waals surface area (Å²) in [5.41, 5.74) is -0.0574. The van der Waals surface area contributed by atoms with Crippen molar-refractivity contribution in [3.8, 4) is 6.01 Å². The molecule has 46 heavy (non-hydrogen) atoms. The number of hydrogen-bond acceptors (Lipinski definition) is 8. The molecule has 1 N–H and O–H groups in total. The molecule has 0 unspecified atom stereocenters. The molecule has 2 aromatic heterocycles. The summed E-state index contributed by atoms with van der Waals surface area (Å²) in [6, 6.07) is 14.4. The molecule has 244 valence electrons. The smallest absolute Gasteiger partial charge is 0.419 e. The molecule has 1 fully saturated rings. The van der Waals surface area contributed by atoms with Gasteiger partial charge in [-0.1, -0.05) is 51.1 Å². The van der Waals surface area contributed by atoms with E-state index in [0.29, 0.717) is 5.69 Å². The van der Waals surface area contributed by atoms with Crippen molar-refractivity contribution in [2.45, 2.75) is 58.1 Å². The molecule has 1 atom stereocenters. The maximum atomic E-state index is 13.7. The van der Waals surface area contributed by atoms with E-state index in [0.717, 1.165) is 17.7 Å². The number of anilines is 4. The summed E-state index contributed by atoms with van der Waals surface area (Å²) < 4.78 is 87.5. The molecular formula is C32H33F6N7O. The van der Waals surface area contributed by atoms with Crippen molar-refractivity contribution in [3.05, 3.63) is 89.1 Å². The molecule has 0 bridgehead atoms. The second-order valence-electron chi connectivity index (χ2n) is 12.0. The summed E-state index contributed by atoms with van der Waals surface area (Å²) in [5.74, 6) is 0.0871. The molecule has 1 aliphatic rings. The highest BCUT2D eigenvalue weighted by Crippen LogP contribution is 2.36. The van der Waals surface area contributed by atoms with Crippen LogP contribution < -0.4 is 19.9 Å². The number of hydrogen-bond donors (Lipinski definition) is 1. The van der Waals surface area contributed by atoms with Crippen molar-refractivity contribution in [1.82, 2.24) is 19.9 Å². The van der Waals surface area contributed by atoms with Gasteiger partial charge in [-0.25, -0.2) is 4.98 Å². The van der Waals surface area contributed by atoms with Crippen LogP contribution in [0.3, 0.4) is 0 Å². The van der Waals surface area contributed by atoms with Gasteiger partial charge < -0.3 is 19.9 Å². The van der Waals surface area contributed by atoms with Crippen LogP contribution in [0, 0.1) is 0 Å². The summed E-state index contributed by atoms with van der Waals surface area (Å²) >= 11 is 0. The summed E-state index contributed by atoms with van der Waals surface area (Å²) in [5, 5.41) is 3.12. The predicted octanol–water partition coefficient (Wildman–Crippen LogP) is 7.64. The first-order chi connectivity index (χ1) is 21.6. The average Bonchev–Trinajstić information content (AvgIpc) is 2.99. The lowest BCUT2D eigenvalue weighted by Crippen LogP contribution is -2.53. The minimum Gasteiger partial charge on any atom is -0.458 e. The van der Waals surface area contributed by atoms with Crippen LogP contribution in [-0.4, -0.2) is 45.6 Å². The summed E-state index contributed by atoms with van der Waals surface area (Å²) in [6.07, 6.45) is -7.83. The molecule has 0 aliphatic carbocycles. The molecule has 0 saturated carbocycles. The molecule has 0 amide bonds. The summed E-state index contributed by atoms with van der Waals surface area (Å²) in [4.78, 5) is 20.6. The standard InChI is InChI=1S/C32H33F6N7O/c1-20-18-44(26-25(32(36,37)38)10-7-15-39-26)16-17-45(20)28-41-27(40-23-13-11-22(12-14-23)30(2,3)4)42-29(43-28)46-19-21-8-5-6-9-24(21)31(33,34)35/h5-15,20H,16-19H2,1-4H3,(H,40,41,42,43)/t20-/m1/s1. The topological polar surface area (TPSA) is 79.3 Å². The van der Waals surface area contributed by atoms with E-state index < -0.39 is 30.1 Å². The summed E-state index contributed by atoms with van der Waals surface area (Å²) in [6.45, 7) is 8.22. The van der Waals surface area contributed by atoms with Crippen LogP contribution in [0.4, 0.5) is 49.7 Å². The Morgan fingerprint density at radius 3 is 2.15 bits per heavy atom. The zero-order valence-corrected chi connectivity index (χ0v) is 25.6. The van der Waals surface area contributed by atoms with Crippen LogP contribution in [0.1, 0.15) is 49.9 Å². The van der Waals surface area contributed by atoms with Crippen molar-refractivity contribution in [3.63, 3.8) is 0 Å². The number of aromatic nitrogens is 4. The van der Waals surface area contributed by atoms with Crippen LogP contribution in [0.2, 0.25) is 0 Å². The fourth-order valence-electron chi connectivity index (χ4n) is 5.16. The monoisotopic (exact) mass is 645 g/mol. The fraction of sp³-hybridized carbons (Fsp3) is 0.375. The summed E-state index contributed by atoms with van der Waals surface area (Å²) in [7, 11) is 0. The SMILES string of the molecule is C[C@@H]1CN(c2ncccc2C(F)(F)F)CCN1c1nc(Nc2ccc(C(C)(C)C)cc2)nc(OCc2ccccc2C(F)(F)F)n1. The highest BCUT2D eigenvalue weighted by Gasteiger charge is 2.38. The van der Waals surface area contributed by atoms with Crippen LogP contribution in [-0.2, 0) is 24.4 Å². The third kappa shape index (κ3) is 7.60. The third-order valence-corrected chi connectivity index (χ3v) is 7.57. The van der Waals surface area contributed by atoms with Gasteiger partial charge in [0.25, 0.3) is 0 Å². The van der Waals surface area contributed by atoms with Crippen LogP contribution in [0.5, 0.6) is 6.01 Å². The first kappa shape index (κ1) is 32.8. The lowest BCUT2D eigenvalue weighted by atomic mass is 9.87. The molecule has 5 rings (SSSR count). The van der Waals surface area contributed by atoms with Crippen LogP contribution >= 0.6 is 0 Å². The predicted molar refractivity (Wildman–Crippen MR) is 162 cm³/mol. The molecule has 4 aromatic rings. The van der Waals surface area contributed by atoms with Crippen LogP contribution in [0.25, 0.3) is 0 Å². The van der Waals surface area contributed by atoms with Crippen molar-refractivity contribution in [2.24, 2.45) is 0 Å². The minimum atomic E-state index is -4.58. The molecule has 0 radical (unpaired) electrons. The Morgan fingerprint density at radius 2 is 1.50 bits per heavy atom. The lowest BCUT2D eigenvalue weighted by Gasteiger charge is -2.41. The number of ether oxygens (including phenoxy) is 1. The number of pyridine rings is 1. The van der Waals surface area contributed by atoms with Gasteiger partial charge in [-0.2, -0.15) is 41.3 Å². The van der Waals surface area contributed by atoms with E-state index in [9.17, 15) is 26.3 Å². The Balaban J connectivity index is 1.43. The maximum Gasteiger partial charge on any atom is 0.419 e. The number of nitrogens with one attached hydrogen (secondary N) is 1. The third-order valence-electron chi connectivity index (χ3n) is 7.57. The highest BCUT2D eigenvalue weighted by atomic mass is 19.4. The van der Waals surface area contributed by atoms with E-state index in [1.54, 1.807) is 9.80 Å². The number of piperazine rings is 1. The van der Waals surface area contributed by atoms with Gasteiger partial charge in [0, 0.05) is 43.1 Å². The van der Waals surface area contributed by atoms with E-state index in [4.69, 9.17) is 4.74 Å². The molecular weight excluding hydrogens is 612 g/mol. The Labute approximate surface area is 262 Å². The van der Waals surface area contributed by atoms with Gasteiger partial charge in [0.15, 0.2) is 0 Å². The number of nitrogens with zero attached hydrogens (tertiary/aromatic N) is 6. The normalized spacial score (nSPS) is 16.0. The second-order valence-corrected chi connectivity index (χ2v) is 12.0. The Morgan fingerprint density at radius 1 is 0.826 bits per heavy atom. The first-order valence-electron chi connectivity index (χ1n) is 14.5. The zero-order chi connectivity index (χ0) is 33.3. The fourth-order valence-corrected chi connectivity index (χ4v) is 5.16. The van der Waals surface area contributed by atoms with Gasteiger partial charge in [-0.15, -0.1) is 0 Å². The second kappa shape index (κ2) is 12.6. The highest BCUT2D eigenvalue weighted by molar-refractivity contribution is 5.56. The molecule has 3 heterocycles. The molecule has 1 aliphatic heterocycles. The largest absolute Gasteiger partial charge is 0.458 e. The van der Waals surface area contributed by atoms with Crippen molar-refractivity contribution in [2.75, 3.05) is 34.8 Å². The first-order valence-corrected chi connectivity index (χ1v) is 14.5. The Hall–Kier alpha value is -4.62. The van der Waals surface area contributed by atoms with E-state index in [1.807, 2.05) is 31.2 Å². The number of halogens is 6. The molecule has 0 spiro atoms. The van der Waals surface area contributed by atoms with Crippen LogP contribution in [0.15, 0.2) is 66.9 Å². The number of alkyl halides is 6. The van der Waals surface area contributed by atoms with E-state index in [1.165, 1.54) is 30.5 Å². The minimum absolute atomic E-state index is 0.0685. The quantitative estimate of drug-likeness (QED) is 0.206. The van der Waals surface area contributed by atoms with Crippen molar-refractivity contribution < 1.29 is 31.1 Å². The van der Waals surface area contributed by atoms with Crippen molar-refractivity contribution in [1.29, 1.82) is 0 Å². The van der Waals surface area contributed by atoms with Gasteiger partial charge in [0.05, 0.1) is 11.1 Å². The zero-order valence-electron chi connectivity index (χ0n) is 25.6. The molecule has 2 aromatic carbocycles. The van der Waals surface area contributed by atoms with Crippen molar-refractivity contribution >= 4 is 23.4 Å². The number of rotatable bonds is 7. The Bertz CT molecular complexity index is 1650. The van der Waals surface area contributed by atoms with Gasteiger partial charge in [-0.3, -0.25) is 0 Å².